The lowest BCUT2D eigenvalue weighted by Crippen LogP contribution is -2.29. The zero-order valence-corrected chi connectivity index (χ0v) is 11.4. The molecule has 0 aliphatic heterocycles. The largest absolute Gasteiger partial charge is 0.383 e. The molecule has 90 valence electrons. The molecule has 0 aromatic carbocycles. The third-order valence-corrected chi connectivity index (χ3v) is 2.63. The van der Waals surface area contributed by atoms with Crippen LogP contribution in [0.1, 0.15) is 30.4 Å². The van der Waals surface area contributed by atoms with Crippen LogP contribution in [0.4, 0.5) is 0 Å². The SMILES string of the molecule is COCCNC(=O)c1cc(Br)cn1C(C)C. The van der Waals surface area contributed by atoms with Crippen LogP contribution in [0.2, 0.25) is 0 Å². The van der Waals surface area contributed by atoms with Crippen molar-refractivity contribution in [1.82, 2.24) is 9.88 Å². The summed E-state index contributed by atoms with van der Waals surface area (Å²) in [6.45, 7) is 5.13. The summed E-state index contributed by atoms with van der Waals surface area (Å²) < 4.78 is 7.73. The van der Waals surface area contributed by atoms with Gasteiger partial charge in [-0.3, -0.25) is 4.79 Å². The van der Waals surface area contributed by atoms with E-state index < -0.39 is 0 Å². The Morgan fingerprint density at radius 3 is 2.88 bits per heavy atom. The molecular weight excluding hydrogens is 272 g/mol. The Morgan fingerprint density at radius 1 is 1.62 bits per heavy atom. The molecule has 0 radical (unpaired) electrons. The lowest BCUT2D eigenvalue weighted by atomic mass is 10.3. The summed E-state index contributed by atoms with van der Waals surface area (Å²) in [5.41, 5.74) is 0.665. The highest BCUT2D eigenvalue weighted by Crippen LogP contribution is 2.19. The van der Waals surface area contributed by atoms with Crippen molar-refractivity contribution >= 4 is 21.8 Å². The fraction of sp³-hybridized carbons (Fsp3) is 0.545. The first-order chi connectivity index (χ1) is 7.56. The van der Waals surface area contributed by atoms with Gasteiger partial charge in [0, 0.05) is 30.4 Å². The van der Waals surface area contributed by atoms with Gasteiger partial charge in [0.25, 0.3) is 5.91 Å². The number of rotatable bonds is 5. The normalized spacial score (nSPS) is 10.8. The molecule has 1 aromatic rings. The number of carbonyl (C=O) groups excluding carboxylic acids is 1. The average Bonchev–Trinajstić information content (AvgIpc) is 2.61. The Kier molecular flexibility index (Phi) is 5.02. The van der Waals surface area contributed by atoms with Gasteiger partial charge in [0.05, 0.1) is 6.61 Å². The molecule has 0 fully saturated rings. The molecule has 0 atom stereocenters. The van der Waals surface area contributed by atoms with Gasteiger partial charge >= 0.3 is 0 Å². The van der Waals surface area contributed by atoms with Crippen molar-refractivity contribution in [3.8, 4) is 0 Å². The summed E-state index contributed by atoms with van der Waals surface area (Å²) in [6.07, 6.45) is 1.91. The van der Waals surface area contributed by atoms with E-state index in [1.54, 1.807) is 7.11 Å². The summed E-state index contributed by atoms with van der Waals surface area (Å²) in [5.74, 6) is -0.0727. The van der Waals surface area contributed by atoms with E-state index in [0.29, 0.717) is 18.8 Å². The van der Waals surface area contributed by atoms with Crippen LogP contribution in [0.15, 0.2) is 16.7 Å². The molecule has 0 saturated carbocycles. The molecule has 0 aliphatic carbocycles. The molecular formula is C11H17BrN2O2. The van der Waals surface area contributed by atoms with E-state index in [1.807, 2.05) is 30.7 Å². The Balaban J connectivity index is 2.74. The van der Waals surface area contributed by atoms with Crippen LogP contribution in [-0.2, 0) is 4.74 Å². The molecule has 0 aliphatic rings. The minimum Gasteiger partial charge on any atom is -0.383 e. The van der Waals surface area contributed by atoms with Crippen molar-refractivity contribution in [1.29, 1.82) is 0 Å². The van der Waals surface area contributed by atoms with E-state index in [-0.39, 0.29) is 11.9 Å². The summed E-state index contributed by atoms with van der Waals surface area (Å²) >= 11 is 3.38. The molecule has 1 rings (SSSR count). The Hall–Kier alpha value is -0.810. The van der Waals surface area contributed by atoms with Gasteiger partial charge in [-0.1, -0.05) is 0 Å². The molecule has 0 spiro atoms. The number of halogens is 1. The van der Waals surface area contributed by atoms with Crippen molar-refractivity contribution < 1.29 is 9.53 Å². The van der Waals surface area contributed by atoms with Gasteiger partial charge in [0.15, 0.2) is 0 Å². The standard InChI is InChI=1S/C11H17BrN2O2/c1-8(2)14-7-9(12)6-10(14)11(15)13-4-5-16-3/h6-8H,4-5H2,1-3H3,(H,13,15). The van der Waals surface area contributed by atoms with Gasteiger partial charge in [0.2, 0.25) is 0 Å². The van der Waals surface area contributed by atoms with Crippen LogP contribution in [0.5, 0.6) is 0 Å². The topological polar surface area (TPSA) is 43.3 Å². The molecule has 0 saturated heterocycles. The summed E-state index contributed by atoms with van der Waals surface area (Å²) in [7, 11) is 1.61. The highest BCUT2D eigenvalue weighted by atomic mass is 79.9. The molecule has 1 heterocycles. The van der Waals surface area contributed by atoms with E-state index in [2.05, 4.69) is 21.2 Å². The molecule has 0 bridgehead atoms. The molecule has 0 unspecified atom stereocenters. The Bertz CT molecular complexity index is 361. The molecule has 16 heavy (non-hydrogen) atoms. The highest BCUT2D eigenvalue weighted by molar-refractivity contribution is 9.10. The molecule has 1 N–H and O–H groups in total. The minimum absolute atomic E-state index is 0.0727. The van der Waals surface area contributed by atoms with Gasteiger partial charge in [-0.05, 0) is 35.8 Å². The average molecular weight is 289 g/mol. The number of ether oxygens (including phenoxy) is 1. The summed E-state index contributed by atoms with van der Waals surface area (Å²) in [4.78, 5) is 11.8. The first-order valence-corrected chi connectivity index (χ1v) is 6.00. The number of methoxy groups -OCH3 is 1. The van der Waals surface area contributed by atoms with Crippen LogP contribution < -0.4 is 5.32 Å². The number of hydrogen-bond acceptors (Lipinski definition) is 2. The van der Waals surface area contributed by atoms with Gasteiger partial charge < -0.3 is 14.6 Å². The number of nitrogens with one attached hydrogen (secondary N) is 1. The maximum atomic E-state index is 11.8. The van der Waals surface area contributed by atoms with Crippen LogP contribution in [0.3, 0.4) is 0 Å². The first kappa shape index (κ1) is 13.3. The fourth-order valence-electron chi connectivity index (χ4n) is 1.41. The van der Waals surface area contributed by atoms with E-state index in [1.165, 1.54) is 0 Å². The van der Waals surface area contributed by atoms with Gasteiger partial charge in [-0.25, -0.2) is 0 Å². The Morgan fingerprint density at radius 2 is 2.31 bits per heavy atom. The highest BCUT2D eigenvalue weighted by Gasteiger charge is 2.14. The zero-order chi connectivity index (χ0) is 12.1. The second kappa shape index (κ2) is 6.06. The number of amides is 1. The summed E-state index contributed by atoms with van der Waals surface area (Å²) in [5, 5.41) is 2.80. The van der Waals surface area contributed by atoms with Crippen molar-refractivity contribution in [3.63, 3.8) is 0 Å². The van der Waals surface area contributed by atoms with Crippen molar-refractivity contribution in [3.05, 3.63) is 22.4 Å². The minimum atomic E-state index is -0.0727. The number of carbonyl (C=O) groups is 1. The van der Waals surface area contributed by atoms with Crippen LogP contribution >= 0.6 is 15.9 Å². The lowest BCUT2D eigenvalue weighted by Gasteiger charge is -2.12. The van der Waals surface area contributed by atoms with E-state index in [0.717, 1.165) is 4.47 Å². The second-order valence-corrected chi connectivity index (χ2v) is 4.71. The zero-order valence-electron chi connectivity index (χ0n) is 9.79. The maximum Gasteiger partial charge on any atom is 0.268 e. The molecule has 1 amide bonds. The van der Waals surface area contributed by atoms with Crippen LogP contribution in [0.25, 0.3) is 0 Å². The predicted octanol–water partition coefficient (Wildman–Crippen LogP) is 2.21. The number of nitrogens with zero attached hydrogens (tertiary/aromatic N) is 1. The maximum absolute atomic E-state index is 11.8. The summed E-state index contributed by atoms with van der Waals surface area (Å²) in [6, 6.07) is 2.08. The van der Waals surface area contributed by atoms with Crippen LogP contribution in [0, 0.1) is 0 Å². The third kappa shape index (κ3) is 3.35. The van der Waals surface area contributed by atoms with Crippen molar-refractivity contribution in [2.45, 2.75) is 19.9 Å². The van der Waals surface area contributed by atoms with Gasteiger partial charge in [0.1, 0.15) is 5.69 Å². The number of aromatic nitrogens is 1. The molecule has 5 heteroatoms. The quantitative estimate of drug-likeness (QED) is 0.845. The van der Waals surface area contributed by atoms with E-state index in [9.17, 15) is 4.79 Å². The Labute approximate surface area is 104 Å². The lowest BCUT2D eigenvalue weighted by molar-refractivity contribution is 0.0926. The number of hydrogen-bond donors (Lipinski definition) is 1. The predicted molar refractivity (Wildman–Crippen MR) is 66.7 cm³/mol. The van der Waals surface area contributed by atoms with Gasteiger partial charge in [-0.2, -0.15) is 0 Å². The van der Waals surface area contributed by atoms with E-state index in [4.69, 9.17) is 4.74 Å². The molecule has 1 aromatic heterocycles. The van der Waals surface area contributed by atoms with Crippen LogP contribution in [-0.4, -0.2) is 30.7 Å². The molecule has 4 nitrogen and oxygen atoms in total. The van der Waals surface area contributed by atoms with E-state index >= 15 is 0 Å². The third-order valence-electron chi connectivity index (χ3n) is 2.20. The smallest absolute Gasteiger partial charge is 0.268 e. The van der Waals surface area contributed by atoms with Gasteiger partial charge in [-0.15, -0.1) is 0 Å². The van der Waals surface area contributed by atoms with Crippen molar-refractivity contribution in [2.24, 2.45) is 0 Å². The van der Waals surface area contributed by atoms with Crippen molar-refractivity contribution in [2.75, 3.05) is 20.3 Å². The second-order valence-electron chi connectivity index (χ2n) is 3.79. The first-order valence-electron chi connectivity index (χ1n) is 5.20. The monoisotopic (exact) mass is 288 g/mol. The fourth-order valence-corrected chi connectivity index (χ4v) is 1.85.